The van der Waals surface area contributed by atoms with Crippen LogP contribution < -0.4 is 9.73 Å². The van der Waals surface area contributed by atoms with Gasteiger partial charge in [-0.3, -0.25) is 5.01 Å². The van der Waals surface area contributed by atoms with Crippen LogP contribution in [0.2, 0.25) is 15.1 Å². The summed E-state index contributed by atoms with van der Waals surface area (Å²) < 4.78 is 28.9. The van der Waals surface area contributed by atoms with E-state index in [0.29, 0.717) is 38.5 Å². The summed E-state index contributed by atoms with van der Waals surface area (Å²) in [6, 6.07) is 16.2. The number of aryl methyl sites for hydroxylation is 3. The van der Waals surface area contributed by atoms with Crippen LogP contribution in [0.3, 0.4) is 0 Å². The van der Waals surface area contributed by atoms with Crippen molar-refractivity contribution in [3.05, 3.63) is 91.9 Å². The van der Waals surface area contributed by atoms with E-state index in [9.17, 15) is 8.42 Å². The summed E-state index contributed by atoms with van der Waals surface area (Å²) in [6.45, 7) is 5.75. The molecule has 0 amide bonds. The normalized spacial score (nSPS) is 16.1. The first-order valence-corrected chi connectivity index (χ1v) is 13.3. The summed E-state index contributed by atoms with van der Waals surface area (Å²) in [5.41, 5.74) is 5.05. The SMILES string of the molecule is Cc1cc(C)c(S(=O)(=O)NCC2=NN(c3ccc(Cl)cc3Cl)C(c3ccc(Cl)cc3)C2)cc1C. The van der Waals surface area contributed by atoms with Gasteiger partial charge in [-0.25, -0.2) is 13.1 Å². The second-order valence-corrected chi connectivity index (χ2v) is 11.4. The average Bonchev–Trinajstić information content (AvgIpc) is 3.19. The van der Waals surface area contributed by atoms with Crippen molar-refractivity contribution in [3.8, 4) is 0 Å². The van der Waals surface area contributed by atoms with Gasteiger partial charge in [-0.2, -0.15) is 5.10 Å². The number of nitrogens with one attached hydrogen (secondary N) is 1. The zero-order valence-electron chi connectivity index (χ0n) is 18.9. The van der Waals surface area contributed by atoms with Crippen molar-refractivity contribution in [2.24, 2.45) is 5.10 Å². The molecule has 5 nitrogen and oxygen atoms in total. The number of hydrazone groups is 1. The molecule has 0 aliphatic carbocycles. The molecule has 1 aliphatic heterocycles. The van der Waals surface area contributed by atoms with Crippen LogP contribution in [0.15, 0.2) is 64.6 Å². The molecule has 1 atom stereocenters. The maximum Gasteiger partial charge on any atom is 0.241 e. The number of nitrogens with zero attached hydrogens (tertiary/aromatic N) is 2. The van der Waals surface area contributed by atoms with Gasteiger partial charge < -0.3 is 0 Å². The maximum absolute atomic E-state index is 13.1. The van der Waals surface area contributed by atoms with E-state index in [1.54, 1.807) is 25.1 Å². The molecule has 0 aromatic heterocycles. The van der Waals surface area contributed by atoms with E-state index in [1.807, 2.05) is 55.3 Å². The van der Waals surface area contributed by atoms with Crippen LogP contribution in [-0.2, 0) is 10.0 Å². The molecule has 0 saturated heterocycles. The van der Waals surface area contributed by atoms with Gasteiger partial charge in [0.15, 0.2) is 0 Å². The Morgan fingerprint density at radius 1 is 0.912 bits per heavy atom. The zero-order chi connectivity index (χ0) is 24.6. The van der Waals surface area contributed by atoms with Crippen molar-refractivity contribution < 1.29 is 8.42 Å². The summed E-state index contributed by atoms with van der Waals surface area (Å²) >= 11 is 18.6. The van der Waals surface area contributed by atoms with Crippen LogP contribution in [0.4, 0.5) is 5.69 Å². The van der Waals surface area contributed by atoms with Crippen molar-refractivity contribution in [1.82, 2.24) is 4.72 Å². The van der Waals surface area contributed by atoms with E-state index < -0.39 is 10.0 Å². The highest BCUT2D eigenvalue weighted by molar-refractivity contribution is 7.89. The lowest BCUT2D eigenvalue weighted by molar-refractivity contribution is 0.585. The highest BCUT2D eigenvalue weighted by atomic mass is 35.5. The molecule has 1 heterocycles. The van der Waals surface area contributed by atoms with Gasteiger partial charge in [-0.15, -0.1) is 0 Å². The number of halogens is 3. The predicted molar refractivity (Wildman–Crippen MR) is 141 cm³/mol. The predicted octanol–water partition coefficient (Wildman–Crippen LogP) is 6.86. The van der Waals surface area contributed by atoms with Crippen LogP contribution in [0.1, 0.15) is 34.7 Å². The van der Waals surface area contributed by atoms with Crippen molar-refractivity contribution in [3.63, 3.8) is 0 Å². The number of hydrogen-bond acceptors (Lipinski definition) is 4. The number of benzene rings is 3. The third kappa shape index (κ3) is 5.26. The monoisotopic (exact) mass is 535 g/mol. The highest BCUT2D eigenvalue weighted by Crippen LogP contribution is 2.39. The van der Waals surface area contributed by atoms with Crippen LogP contribution >= 0.6 is 34.8 Å². The molecular formula is C25H24Cl3N3O2S. The lowest BCUT2D eigenvalue weighted by atomic mass is 10.0. The lowest BCUT2D eigenvalue weighted by Crippen LogP contribution is -2.29. The summed E-state index contributed by atoms with van der Waals surface area (Å²) in [4.78, 5) is 0.279. The van der Waals surface area contributed by atoms with Gasteiger partial charge in [0.25, 0.3) is 0 Å². The Hall–Kier alpha value is -2.09. The second-order valence-electron chi connectivity index (χ2n) is 8.40. The number of rotatable bonds is 6. The standard InChI is InChI=1S/C25H24Cl3N3O2S/c1-15-10-17(3)25(11-16(15)2)34(32,33)29-14-21-13-24(18-4-6-19(26)7-5-18)31(30-21)23-9-8-20(27)12-22(23)28/h4-12,24,29H,13-14H2,1-3H3. The average molecular weight is 537 g/mol. The fourth-order valence-electron chi connectivity index (χ4n) is 3.99. The molecule has 3 aromatic rings. The molecule has 1 aliphatic rings. The maximum atomic E-state index is 13.1. The highest BCUT2D eigenvalue weighted by Gasteiger charge is 2.31. The Kier molecular flexibility index (Phi) is 7.27. The van der Waals surface area contributed by atoms with Gasteiger partial charge >= 0.3 is 0 Å². The van der Waals surface area contributed by atoms with E-state index in [2.05, 4.69) is 4.72 Å². The second kappa shape index (κ2) is 9.88. The molecule has 4 rings (SSSR count). The fraction of sp³-hybridized carbons (Fsp3) is 0.240. The molecular weight excluding hydrogens is 513 g/mol. The van der Waals surface area contributed by atoms with E-state index in [-0.39, 0.29) is 17.5 Å². The first-order chi connectivity index (χ1) is 16.0. The van der Waals surface area contributed by atoms with Gasteiger partial charge in [-0.05, 0) is 79.4 Å². The molecule has 0 saturated carbocycles. The molecule has 1 unspecified atom stereocenters. The summed E-state index contributed by atoms with van der Waals surface area (Å²) in [6.07, 6.45) is 0.523. The molecule has 9 heteroatoms. The minimum Gasteiger partial charge on any atom is -0.256 e. The Morgan fingerprint density at radius 2 is 1.56 bits per heavy atom. The molecule has 0 spiro atoms. The Morgan fingerprint density at radius 3 is 2.24 bits per heavy atom. The summed E-state index contributed by atoms with van der Waals surface area (Å²) in [5, 5.41) is 8.18. The van der Waals surface area contributed by atoms with Crippen molar-refractivity contribution in [2.75, 3.05) is 11.6 Å². The van der Waals surface area contributed by atoms with Gasteiger partial charge in [0.2, 0.25) is 10.0 Å². The third-order valence-electron chi connectivity index (χ3n) is 5.93. The first-order valence-electron chi connectivity index (χ1n) is 10.7. The van der Waals surface area contributed by atoms with Crippen molar-refractivity contribution in [2.45, 2.75) is 38.1 Å². The minimum absolute atomic E-state index is 0.0838. The Labute approximate surface area is 215 Å². The van der Waals surface area contributed by atoms with E-state index in [4.69, 9.17) is 39.9 Å². The fourth-order valence-corrected chi connectivity index (χ4v) is 5.94. The largest absolute Gasteiger partial charge is 0.256 e. The van der Waals surface area contributed by atoms with E-state index in [1.165, 1.54) is 0 Å². The van der Waals surface area contributed by atoms with E-state index >= 15 is 0 Å². The van der Waals surface area contributed by atoms with Crippen LogP contribution in [0.5, 0.6) is 0 Å². The zero-order valence-corrected chi connectivity index (χ0v) is 22.0. The first kappa shape index (κ1) is 25.0. The Balaban J connectivity index is 1.63. The molecule has 34 heavy (non-hydrogen) atoms. The third-order valence-corrected chi connectivity index (χ3v) is 8.26. The molecule has 0 bridgehead atoms. The smallest absolute Gasteiger partial charge is 0.241 e. The van der Waals surface area contributed by atoms with Gasteiger partial charge in [-0.1, -0.05) is 53.0 Å². The quantitative estimate of drug-likeness (QED) is 0.374. The minimum atomic E-state index is -3.71. The van der Waals surface area contributed by atoms with Crippen LogP contribution in [0, 0.1) is 20.8 Å². The molecule has 178 valence electrons. The Bertz CT molecular complexity index is 1370. The van der Waals surface area contributed by atoms with Crippen LogP contribution in [0.25, 0.3) is 0 Å². The van der Waals surface area contributed by atoms with E-state index in [0.717, 1.165) is 16.7 Å². The van der Waals surface area contributed by atoms with Gasteiger partial charge in [0, 0.05) is 16.5 Å². The summed E-state index contributed by atoms with van der Waals surface area (Å²) in [5.74, 6) is 0. The molecule has 3 aromatic carbocycles. The van der Waals surface area contributed by atoms with Crippen molar-refractivity contribution in [1.29, 1.82) is 0 Å². The number of anilines is 1. The summed E-state index contributed by atoms with van der Waals surface area (Å²) in [7, 11) is -3.71. The topological polar surface area (TPSA) is 61.8 Å². The number of sulfonamides is 1. The van der Waals surface area contributed by atoms with Gasteiger partial charge in [0.05, 0.1) is 33.9 Å². The lowest BCUT2D eigenvalue weighted by Gasteiger charge is -2.25. The van der Waals surface area contributed by atoms with Gasteiger partial charge in [0.1, 0.15) is 0 Å². The molecule has 1 N–H and O–H groups in total. The van der Waals surface area contributed by atoms with Crippen molar-refractivity contribution >= 4 is 56.2 Å². The number of hydrogen-bond donors (Lipinski definition) is 1. The molecule has 0 fully saturated rings. The van der Waals surface area contributed by atoms with Crippen LogP contribution in [-0.4, -0.2) is 20.7 Å². The molecule has 0 radical (unpaired) electrons.